The molecule has 1 aromatic heterocycles. The molecule has 0 unspecified atom stereocenters. The summed E-state index contributed by atoms with van der Waals surface area (Å²) in [7, 11) is 2.02. The summed E-state index contributed by atoms with van der Waals surface area (Å²) in [4.78, 5) is 14.3. The van der Waals surface area contributed by atoms with E-state index in [1.807, 2.05) is 24.2 Å². The number of carbonyl (C=O) groups excluding carboxylic acids is 1. The lowest BCUT2D eigenvalue weighted by atomic mass is 10.2. The first-order valence-electron chi connectivity index (χ1n) is 7.48. The Labute approximate surface area is 123 Å². The Morgan fingerprint density at radius 3 is 2.50 bits per heavy atom. The number of rotatable bonds is 8. The SMILES string of the molecule is CC(C)CNCC(=O)N(Cc1cccn1C)CC(C)C. The third-order valence-electron chi connectivity index (χ3n) is 3.17. The summed E-state index contributed by atoms with van der Waals surface area (Å²) in [5.74, 6) is 1.22. The summed E-state index contributed by atoms with van der Waals surface area (Å²) < 4.78 is 2.07. The van der Waals surface area contributed by atoms with Gasteiger partial charge in [0.2, 0.25) is 5.91 Å². The molecule has 0 aromatic carbocycles. The Balaban J connectivity index is 2.59. The Morgan fingerprint density at radius 2 is 2.00 bits per heavy atom. The monoisotopic (exact) mass is 279 g/mol. The van der Waals surface area contributed by atoms with Crippen molar-refractivity contribution in [2.45, 2.75) is 34.2 Å². The van der Waals surface area contributed by atoms with Gasteiger partial charge in [-0.25, -0.2) is 0 Å². The van der Waals surface area contributed by atoms with E-state index in [9.17, 15) is 4.79 Å². The maximum atomic E-state index is 12.4. The quantitative estimate of drug-likeness (QED) is 0.792. The number of nitrogens with one attached hydrogen (secondary N) is 1. The molecule has 4 heteroatoms. The summed E-state index contributed by atoms with van der Waals surface area (Å²) in [6, 6.07) is 4.09. The molecular formula is C16H29N3O. The van der Waals surface area contributed by atoms with E-state index in [4.69, 9.17) is 0 Å². The van der Waals surface area contributed by atoms with Gasteiger partial charge in [0.25, 0.3) is 0 Å². The zero-order valence-corrected chi connectivity index (χ0v) is 13.5. The molecule has 0 aliphatic carbocycles. The second kappa shape index (κ2) is 8.10. The topological polar surface area (TPSA) is 37.3 Å². The van der Waals surface area contributed by atoms with Gasteiger partial charge in [0.1, 0.15) is 0 Å². The molecule has 0 saturated heterocycles. The zero-order valence-electron chi connectivity index (χ0n) is 13.5. The summed E-state index contributed by atoms with van der Waals surface area (Å²) >= 11 is 0. The molecule has 1 aromatic rings. The molecular weight excluding hydrogens is 250 g/mol. The lowest BCUT2D eigenvalue weighted by Gasteiger charge is -2.25. The van der Waals surface area contributed by atoms with E-state index in [2.05, 4.69) is 43.6 Å². The van der Waals surface area contributed by atoms with Crippen molar-refractivity contribution in [1.82, 2.24) is 14.8 Å². The predicted octanol–water partition coefficient (Wildman–Crippen LogP) is 2.26. The average Bonchev–Trinajstić information content (AvgIpc) is 2.73. The first-order chi connectivity index (χ1) is 9.40. The summed E-state index contributed by atoms with van der Waals surface area (Å²) in [5, 5.41) is 3.23. The average molecular weight is 279 g/mol. The highest BCUT2D eigenvalue weighted by Crippen LogP contribution is 2.08. The van der Waals surface area contributed by atoms with Gasteiger partial charge in [-0.2, -0.15) is 0 Å². The van der Waals surface area contributed by atoms with Crippen LogP contribution in [0.15, 0.2) is 18.3 Å². The third-order valence-corrected chi connectivity index (χ3v) is 3.17. The highest BCUT2D eigenvalue weighted by molar-refractivity contribution is 5.78. The minimum absolute atomic E-state index is 0.181. The minimum Gasteiger partial charge on any atom is -0.353 e. The van der Waals surface area contributed by atoms with Crippen molar-refractivity contribution >= 4 is 5.91 Å². The standard InChI is InChI=1S/C16H29N3O/c1-13(2)9-17-10-16(20)19(11-14(3)4)12-15-7-6-8-18(15)5/h6-8,13-14,17H,9-12H2,1-5H3. The fourth-order valence-electron chi connectivity index (χ4n) is 2.13. The number of nitrogens with zero attached hydrogens (tertiary/aromatic N) is 2. The maximum absolute atomic E-state index is 12.4. The number of carbonyl (C=O) groups is 1. The molecule has 0 saturated carbocycles. The molecule has 1 heterocycles. The van der Waals surface area contributed by atoms with E-state index in [1.165, 1.54) is 5.69 Å². The van der Waals surface area contributed by atoms with E-state index in [1.54, 1.807) is 0 Å². The van der Waals surface area contributed by atoms with E-state index in [0.717, 1.165) is 13.1 Å². The molecule has 1 N–H and O–H groups in total. The summed E-state index contributed by atoms with van der Waals surface area (Å²) in [6.07, 6.45) is 2.02. The second-order valence-electron chi connectivity index (χ2n) is 6.30. The van der Waals surface area contributed by atoms with Gasteiger partial charge >= 0.3 is 0 Å². The van der Waals surface area contributed by atoms with Crippen LogP contribution in [-0.2, 0) is 18.4 Å². The van der Waals surface area contributed by atoms with E-state index in [0.29, 0.717) is 24.9 Å². The Morgan fingerprint density at radius 1 is 1.30 bits per heavy atom. The van der Waals surface area contributed by atoms with E-state index >= 15 is 0 Å². The molecule has 0 radical (unpaired) electrons. The van der Waals surface area contributed by atoms with E-state index < -0.39 is 0 Å². The second-order valence-corrected chi connectivity index (χ2v) is 6.30. The smallest absolute Gasteiger partial charge is 0.236 e. The van der Waals surface area contributed by atoms with Gasteiger partial charge < -0.3 is 14.8 Å². The van der Waals surface area contributed by atoms with Crippen molar-refractivity contribution in [1.29, 1.82) is 0 Å². The fraction of sp³-hybridized carbons (Fsp3) is 0.688. The lowest BCUT2D eigenvalue weighted by Crippen LogP contribution is -2.40. The van der Waals surface area contributed by atoms with Crippen LogP contribution in [0.25, 0.3) is 0 Å². The summed E-state index contributed by atoms with van der Waals surface area (Å²) in [5.41, 5.74) is 1.17. The number of amides is 1. The third kappa shape index (κ3) is 5.78. The molecule has 0 bridgehead atoms. The van der Waals surface area contributed by atoms with Crippen LogP contribution in [0.3, 0.4) is 0 Å². The van der Waals surface area contributed by atoms with E-state index in [-0.39, 0.29) is 5.91 Å². The zero-order chi connectivity index (χ0) is 15.1. The molecule has 1 amide bonds. The fourth-order valence-corrected chi connectivity index (χ4v) is 2.13. The Kier molecular flexibility index (Phi) is 6.79. The van der Waals surface area contributed by atoms with Crippen LogP contribution in [0, 0.1) is 11.8 Å². The van der Waals surface area contributed by atoms with Crippen LogP contribution in [0.5, 0.6) is 0 Å². The normalized spacial score (nSPS) is 11.3. The van der Waals surface area contributed by atoms with Crippen LogP contribution in [0.1, 0.15) is 33.4 Å². The van der Waals surface area contributed by atoms with Crippen molar-refractivity contribution in [2.75, 3.05) is 19.6 Å². The molecule has 0 aliphatic rings. The van der Waals surface area contributed by atoms with Crippen LogP contribution in [0.2, 0.25) is 0 Å². The Bertz CT molecular complexity index is 410. The van der Waals surface area contributed by atoms with Crippen LogP contribution >= 0.6 is 0 Å². The lowest BCUT2D eigenvalue weighted by molar-refractivity contribution is -0.131. The van der Waals surface area contributed by atoms with Crippen LogP contribution in [-0.4, -0.2) is 35.0 Å². The van der Waals surface area contributed by atoms with Gasteiger partial charge in [0.15, 0.2) is 0 Å². The van der Waals surface area contributed by atoms with Crippen molar-refractivity contribution < 1.29 is 4.79 Å². The molecule has 20 heavy (non-hydrogen) atoms. The largest absolute Gasteiger partial charge is 0.353 e. The first-order valence-corrected chi connectivity index (χ1v) is 7.48. The number of hydrogen-bond acceptors (Lipinski definition) is 2. The van der Waals surface area contributed by atoms with Gasteiger partial charge in [-0.05, 0) is 30.5 Å². The van der Waals surface area contributed by atoms with Crippen molar-refractivity contribution in [2.24, 2.45) is 18.9 Å². The molecule has 114 valence electrons. The minimum atomic E-state index is 0.181. The molecule has 0 atom stereocenters. The van der Waals surface area contributed by atoms with Gasteiger partial charge in [0.05, 0.1) is 13.1 Å². The van der Waals surface area contributed by atoms with Gasteiger partial charge in [-0.3, -0.25) is 4.79 Å². The van der Waals surface area contributed by atoms with Gasteiger partial charge in [-0.15, -0.1) is 0 Å². The first kappa shape index (κ1) is 16.8. The number of aryl methyl sites for hydroxylation is 1. The maximum Gasteiger partial charge on any atom is 0.236 e. The highest BCUT2D eigenvalue weighted by atomic mass is 16.2. The van der Waals surface area contributed by atoms with Crippen LogP contribution < -0.4 is 5.32 Å². The van der Waals surface area contributed by atoms with Crippen molar-refractivity contribution in [3.8, 4) is 0 Å². The predicted molar refractivity (Wildman–Crippen MR) is 83.4 cm³/mol. The molecule has 0 aliphatic heterocycles. The number of hydrogen-bond donors (Lipinski definition) is 1. The Hall–Kier alpha value is -1.29. The molecule has 1 rings (SSSR count). The van der Waals surface area contributed by atoms with Gasteiger partial charge in [0, 0.05) is 25.5 Å². The van der Waals surface area contributed by atoms with Crippen molar-refractivity contribution in [3.63, 3.8) is 0 Å². The molecule has 0 fully saturated rings. The molecule has 0 spiro atoms. The highest BCUT2D eigenvalue weighted by Gasteiger charge is 2.16. The van der Waals surface area contributed by atoms with Crippen molar-refractivity contribution in [3.05, 3.63) is 24.0 Å². The van der Waals surface area contributed by atoms with Gasteiger partial charge in [-0.1, -0.05) is 27.7 Å². The summed E-state index contributed by atoms with van der Waals surface area (Å²) in [6.45, 7) is 11.4. The number of aromatic nitrogens is 1. The van der Waals surface area contributed by atoms with Crippen LogP contribution in [0.4, 0.5) is 0 Å². The molecule has 4 nitrogen and oxygen atoms in total.